The van der Waals surface area contributed by atoms with Gasteiger partial charge in [0, 0.05) is 30.1 Å². The van der Waals surface area contributed by atoms with Gasteiger partial charge in [-0.2, -0.15) is 0 Å². The van der Waals surface area contributed by atoms with Crippen LogP contribution in [0.3, 0.4) is 0 Å². The molecule has 8 nitrogen and oxygen atoms in total. The van der Waals surface area contributed by atoms with Crippen molar-refractivity contribution < 1.29 is 14.4 Å². The third-order valence-corrected chi connectivity index (χ3v) is 5.85. The number of aromatic nitrogens is 1. The fraction of sp³-hybridized carbons (Fsp3) is 0.370. The zero-order valence-corrected chi connectivity index (χ0v) is 20.6. The highest BCUT2D eigenvalue weighted by Crippen LogP contribution is 2.19. The fourth-order valence-electron chi connectivity index (χ4n) is 3.87. The number of aryl methyl sites for hydroxylation is 1. The number of carbonyl (C=O) groups excluding carboxylic acids is 3. The van der Waals surface area contributed by atoms with E-state index in [1.807, 2.05) is 67.7 Å². The smallest absolute Gasteiger partial charge is 0.243 e. The number of nitrogens with two attached hydrogens (primary N) is 1. The first-order valence-corrected chi connectivity index (χ1v) is 12.0. The van der Waals surface area contributed by atoms with Crippen LogP contribution in [-0.2, 0) is 27.2 Å². The molecular weight excluding hydrogens is 442 g/mol. The maximum absolute atomic E-state index is 13.4. The maximum Gasteiger partial charge on any atom is 0.243 e. The number of para-hydroxylation sites is 1. The molecule has 3 amide bonds. The molecule has 3 aromatic rings. The Hall–Kier alpha value is -3.65. The largest absolute Gasteiger partial charge is 0.361 e. The molecule has 8 heteroatoms. The average molecular weight is 478 g/mol. The molecule has 2 atom stereocenters. The van der Waals surface area contributed by atoms with Crippen molar-refractivity contribution in [2.24, 2.45) is 5.73 Å². The third-order valence-electron chi connectivity index (χ3n) is 5.85. The summed E-state index contributed by atoms with van der Waals surface area (Å²) in [4.78, 5) is 42.1. The van der Waals surface area contributed by atoms with Crippen molar-refractivity contribution in [3.63, 3.8) is 0 Å². The standard InChI is InChI=1S/C27H35N5O3/c1-4-29-24(33)22(15-14-18-10-6-5-7-11-18)31-25(34)23(32-26(35)27(2,3)28)16-19-17-30-21-13-9-8-12-20(19)21/h5-13,17,22-23,30H,4,14-16,28H2,1-3H3,(H,29,33)(H,31,34)(H,32,35)/t22-,23+/m0/s1. The molecule has 1 aromatic heterocycles. The van der Waals surface area contributed by atoms with Gasteiger partial charge >= 0.3 is 0 Å². The van der Waals surface area contributed by atoms with Gasteiger partial charge in [-0.15, -0.1) is 0 Å². The second-order valence-electron chi connectivity index (χ2n) is 9.29. The van der Waals surface area contributed by atoms with Crippen molar-refractivity contribution in [1.82, 2.24) is 20.9 Å². The molecule has 35 heavy (non-hydrogen) atoms. The van der Waals surface area contributed by atoms with Crippen LogP contribution in [0.2, 0.25) is 0 Å². The van der Waals surface area contributed by atoms with E-state index in [0.29, 0.717) is 19.4 Å². The minimum Gasteiger partial charge on any atom is -0.361 e. The Morgan fingerprint density at radius 1 is 0.943 bits per heavy atom. The van der Waals surface area contributed by atoms with Gasteiger partial charge in [0.15, 0.2) is 0 Å². The Morgan fingerprint density at radius 3 is 2.31 bits per heavy atom. The van der Waals surface area contributed by atoms with Crippen molar-refractivity contribution in [3.05, 3.63) is 71.9 Å². The van der Waals surface area contributed by atoms with Crippen molar-refractivity contribution in [3.8, 4) is 0 Å². The third kappa shape index (κ3) is 7.16. The number of hydrogen-bond donors (Lipinski definition) is 5. The van der Waals surface area contributed by atoms with Crippen LogP contribution in [0.15, 0.2) is 60.8 Å². The summed E-state index contributed by atoms with van der Waals surface area (Å²) in [6.45, 7) is 5.45. The molecule has 0 saturated carbocycles. The zero-order valence-electron chi connectivity index (χ0n) is 20.6. The normalized spacial score (nSPS) is 13.1. The van der Waals surface area contributed by atoms with E-state index in [1.54, 1.807) is 13.8 Å². The Kier molecular flexibility index (Phi) is 8.65. The van der Waals surface area contributed by atoms with E-state index in [4.69, 9.17) is 5.73 Å². The van der Waals surface area contributed by atoms with Crippen LogP contribution in [0.5, 0.6) is 0 Å². The second-order valence-corrected chi connectivity index (χ2v) is 9.29. The van der Waals surface area contributed by atoms with Gasteiger partial charge in [-0.1, -0.05) is 48.5 Å². The van der Waals surface area contributed by atoms with E-state index < -0.39 is 29.4 Å². The quantitative estimate of drug-likeness (QED) is 0.290. The summed E-state index contributed by atoms with van der Waals surface area (Å²) in [5.74, 6) is -1.14. The topological polar surface area (TPSA) is 129 Å². The monoisotopic (exact) mass is 477 g/mol. The number of carbonyl (C=O) groups is 3. The highest BCUT2D eigenvalue weighted by Gasteiger charge is 2.31. The maximum atomic E-state index is 13.4. The van der Waals surface area contributed by atoms with Crippen LogP contribution in [0.25, 0.3) is 10.9 Å². The van der Waals surface area contributed by atoms with Gasteiger partial charge in [0.25, 0.3) is 0 Å². The highest BCUT2D eigenvalue weighted by molar-refractivity contribution is 5.94. The fourth-order valence-corrected chi connectivity index (χ4v) is 3.87. The lowest BCUT2D eigenvalue weighted by Gasteiger charge is -2.26. The predicted molar refractivity (Wildman–Crippen MR) is 138 cm³/mol. The van der Waals surface area contributed by atoms with E-state index in [9.17, 15) is 14.4 Å². The minimum absolute atomic E-state index is 0.248. The molecule has 0 fully saturated rings. The number of rotatable bonds is 11. The van der Waals surface area contributed by atoms with Gasteiger partial charge in [-0.3, -0.25) is 14.4 Å². The number of fused-ring (bicyclic) bond motifs is 1. The number of aromatic amines is 1. The number of benzene rings is 2. The van der Waals surface area contributed by atoms with Gasteiger partial charge in [0.1, 0.15) is 12.1 Å². The first-order valence-electron chi connectivity index (χ1n) is 12.0. The molecule has 3 rings (SSSR count). The first kappa shape index (κ1) is 26.0. The van der Waals surface area contributed by atoms with Gasteiger partial charge in [-0.05, 0) is 50.8 Å². The Balaban J connectivity index is 1.81. The van der Waals surface area contributed by atoms with E-state index in [-0.39, 0.29) is 12.3 Å². The summed E-state index contributed by atoms with van der Waals surface area (Å²) in [7, 11) is 0. The number of amides is 3. The summed E-state index contributed by atoms with van der Waals surface area (Å²) in [5.41, 5.74) is 7.71. The molecule has 186 valence electrons. The Bertz CT molecular complexity index is 1150. The molecule has 0 radical (unpaired) electrons. The lowest BCUT2D eigenvalue weighted by Crippen LogP contribution is -2.58. The number of hydrogen-bond acceptors (Lipinski definition) is 4. The van der Waals surface area contributed by atoms with Crippen molar-refractivity contribution in [2.45, 2.75) is 57.7 Å². The second kappa shape index (κ2) is 11.7. The van der Waals surface area contributed by atoms with E-state index in [1.165, 1.54) is 0 Å². The molecule has 1 heterocycles. The molecule has 6 N–H and O–H groups in total. The van der Waals surface area contributed by atoms with Crippen LogP contribution < -0.4 is 21.7 Å². The summed E-state index contributed by atoms with van der Waals surface area (Å²) in [6, 6.07) is 15.9. The highest BCUT2D eigenvalue weighted by atomic mass is 16.2. The van der Waals surface area contributed by atoms with Crippen LogP contribution in [0.1, 0.15) is 38.3 Å². The first-order chi connectivity index (χ1) is 16.7. The number of H-pyrrole nitrogens is 1. The zero-order chi connectivity index (χ0) is 25.4. The lowest BCUT2D eigenvalue weighted by molar-refractivity contribution is -0.133. The van der Waals surface area contributed by atoms with Crippen LogP contribution in [0, 0.1) is 0 Å². The van der Waals surface area contributed by atoms with E-state index in [2.05, 4.69) is 20.9 Å². The summed E-state index contributed by atoms with van der Waals surface area (Å²) < 4.78 is 0. The molecular formula is C27H35N5O3. The SMILES string of the molecule is CCNC(=O)[C@H](CCc1ccccc1)NC(=O)[C@@H](Cc1c[nH]c2ccccc12)NC(=O)C(C)(C)N. The molecule has 0 aliphatic carbocycles. The van der Waals surface area contributed by atoms with Gasteiger partial charge in [-0.25, -0.2) is 0 Å². The summed E-state index contributed by atoms with van der Waals surface area (Å²) >= 11 is 0. The van der Waals surface area contributed by atoms with Gasteiger partial charge in [0.2, 0.25) is 17.7 Å². The van der Waals surface area contributed by atoms with Crippen molar-refractivity contribution in [1.29, 1.82) is 0 Å². The number of likely N-dealkylation sites (N-methyl/N-ethyl adjacent to an activating group) is 1. The van der Waals surface area contributed by atoms with Gasteiger partial charge < -0.3 is 26.7 Å². The molecule has 0 aliphatic heterocycles. The lowest BCUT2D eigenvalue weighted by atomic mass is 10.00. The van der Waals surface area contributed by atoms with E-state index >= 15 is 0 Å². The van der Waals surface area contributed by atoms with Crippen LogP contribution in [0.4, 0.5) is 0 Å². The molecule has 0 spiro atoms. The van der Waals surface area contributed by atoms with Crippen molar-refractivity contribution >= 4 is 28.6 Å². The Morgan fingerprint density at radius 2 is 1.63 bits per heavy atom. The Labute approximate surface area is 206 Å². The van der Waals surface area contributed by atoms with Crippen LogP contribution >= 0.6 is 0 Å². The molecule has 0 unspecified atom stereocenters. The molecule has 0 bridgehead atoms. The van der Waals surface area contributed by atoms with Gasteiger partial charge in [0.05, 0.1) is 5.54 Å². The molecule has 0 saturated heterocycles. The predicted octanol–water partition coefficient (Wildman–Crippen LogP) is 2.19. The molecule has 0 aliphatic rings. The average Bonchev–Trinajstić information content (AvgIpc) is 3.24. The number of nitrogens with one attached hydrogen (secondary N) is 4. The minimum atomic E-state index is -1.16. The summed E-state index contributed by atoms with van der Waals surface area (Å²) in [6.07, 6.45) is 3.13. The van der Waals surface area contributed by atoms with Crippen LogP contribution in [-0.4, -0.2) is 46.9 Å². The molecule has 2 aromatic carbocycles. The summed E-state index contributed by atoms with van der Waals surface area (Å²) in [5, 5.41) is 9.42. The van der Waals surface area contributed by atoms with E-state index in [0.717, 1.165) is 22.0 Å². The van der Waals surface area contributed by atoms with Crippen molar-refractivity contribution in [2.75, 3.05) is 6.54 Å².